The lowest BCUT2D eigenvalue weighted by molar-refractivity contribution is 0.238. The summed E-state index contributed by atoms with van der Waals surface area (Å²) in [4.78, 5) is 0.116. The van der Waals surface area contributed by atoms with E-state index < -0.39 is 10.1 Å². The van der Waals surface area contributed by atoms with E-state index in [4.69, 9.17) is 8.92 Å². The van der Waals surface area contributed by atoms with Crippen molar-refractivity contribution in [1.29, 1.82) is 0 Å². The third kappa shape index (κ3) is 5.06. The lowest BCUT2D eigenvalue weighted by Crippen LogP contribution is -2.08. The summed E-state index contributed by atoms with van der Waals surface area (Å²) < 4.78 is 35.2. The summed E-state index contributed by atoms with van der Waals surface area (Å²) in [6, 6.07) is 11.6. The molecule has 0 aromatic heterocycles. The van der Waals surface area contributed by atoms with Gasteiger partial charge in [-0.3, -0.25) is 4.18 Å². The van der Waals surface area contributed by atoms with E-state index in [-0.39, 0.29) is 24.2 Å². The average Bonchev–Trinajstić information content (AvgIpc) is 2.52. The number of aliphatic hydroxyl groups excluding tert-OH is 1. The van der Waals surface area contributed by atoms with Crippen molar-refractivity contribution in [1.82, 2.24) is 0 Å². The maximum absolute atomic E-state index is 12.2. The number of aryl methyl sites for hydroxylation is 1. The Morgan fingerprint density at radius 1 is 1.04 bits per heavy atom. The quantitative estimate of drug-likeness (QED) is 0.777. The van der Waals surface area contributed by atoms with E-state index in [0.717, 1.165) is 5.56 Å². The molecular formula is C18H22O5S. The third-order valence-electron chi connectivity index (χ3n) is 3.27. The minimum Gasteiger partial charge on any atom is -0.491 e. The zero-order chi connectivity index (χ0) is 17.7. The molecule has 6 heteroatoms. The van der Waals surface area contributed by atoms with Gasteiger partial charge in [-0.25, -0.2) is 0 Å². The number of rotatable bonds is 7. The highest BCUT2D eigenvalue weighted by Crippen LogP contribution is 2.21. The van der Waals surface area contributed by atoms with Gasteiger partial charge in [0.25, 0.3) is 10.1 Å². The normalized spacial score (nSPS) is 11.7. The number of hydrogen-bond acceptors (Lipinski definition) is 5. The van der Waals surface area contributed by atoms with Crippen LogP contribution in [0.5, 0.6) is 5.75 Å². The molecule has 130 valence electrons. The molecule has 0 amide bonds. The lowest BCUT2D eigenvalue weighted by Gasteiger charge is -2.13. The maximum Gasteiger partial charge on any atom is 0.297 e. The third-order valence-corrected chi connectivity index (χ3v) is 4.55. The van der Waals surface area contributed by atoms with E-state index in [9.17, 15) is 13.5 Å². The Labute approximate surface area is 143 Å². The zero-order valence-corrected chi connectivity index (χ0v) is 14.8. The number of aliphatic hydroxyl groups is 1. The molecule has 5 nitrogen and oxygen atoms in total. The van der Waals surface area contributed by atoms with Crippen LogP contribution < -0.4 is 4.74 Å². The average molecular weight is 350 g/mol. The molecule has 0 heterocycles. The molecule has 0 atom stereocenters. The Morgan fingerprint density at radius 3 is 2.25 bits per heavy atom. The molecule has 0 saturated heterocycles. The first-order valence-electron chi connectivity index (χ1n) is 7.66. The van der Waals surface area contributed by atoms with Crippen molar-refractivity contribution < 1.29 is 22.4 Å². The highest BCUT2D eigenvalue weighted by Gasteiger charge is 2.15. The topological polar surface area (TPSA) is 72.8 Å². The van der Waals surface area contributed by atoms with Gasteiger partial charge in [-0.15, -0.1) is 0 Å². The summed E-state index contributed by atoms with van der Waals surface area (Å²) in [6.45, 7) is 5.38. The van der Waals surface area contributed by atoms with Crippen LogP contribution in [-0.2, 0) is 27.5 Å². The predicted octanol–water partition coefficient (Wildman–Crippen LogP) is 3.18. The second-order valence-corrected chi connectivity index (χ2v) is 7.45. The monoisotopic (exact) mass is 350 g/mol. The summed E-state index contributed by atoms with van der Waals surface area (Å²) >= 11 is 0. The lowest BCUT2D eigenvalue weighted by atomic mass is 10.1. The summed E-state index contributed by atoms with van der Waals surface area (Å²) in [6.07, 6.45) is -0.0241. The second-order valence-electron chi connectivity index (χ2n) is 5.84. The van der Waals surface area contributed by atoms with Gasteiger partial charge in [-0.2, -0.15) is 8.42 Å². The SMILES string of the molecule is Cc1ccc(S(=O)(=O)OCc2cc(CO)cc(OC(C)C)c2)cc1. The van der Waals surface area contributed by atoms with Gasteiger partial charge >= 0.3 is 0 Å². The molecule has 0 saturated carbocycles. The van der Waals surface area contributed by atoms with Crippen molar-refractivity contribution in [3.05, 3.63) is 59.2 Å². The van der Waals surface area contributed by atoms with Crippen LogP contribution in [0.15, 0.2) is 47.4 Å². The van der Waals surface area contributed by atoms with E-state index in [1.54, 1.807) is 30.3 Å². The van der Waals surface area contributed by atoms with Gasteiger partial charge < -0.3 is 9.84 Å². The highest BCUT2D eigenvalue weighted by molar-refractivity contribution is 7.86. The molecule has 2 rings (SSSR count). The highest BCUT2D eigenvalue weighted by atomic mass is 32.2. The van der Waals surface area contributed by atoms with Gasteiger partial charge in [0, 0.05) is 0 Å². The van der Waals surface area contributed by atoms with Crippen molar-refractivity contribution in [2.24, 2.45) is 0 Å². The van der Waals surface area contributed by atoms with Gasteiger partial charge in [0.1, 0.15) is 5.75 Å². The smallest absolute Gasteiger partial charge is 0.297 e. The van der Waals surface area contributed by atoms with Crippen LogP contribution >= 0.6 is 0 Å². The maximum atomic E-state index is 12.2. The molecule has 0 spiro atoms. The fourth-order valence-electron chi connectivity index (χ4n) is 2.16. The van der Waals surface area contributed by atoms with Crippen LogP contribution in [-0.4, -0.2) is 19.6 Å². The summed E-state index contributed by atoms with van der Waals surface area (Å²) in [5, 5.41) is 9.34. The molecule has 0 aliphatic heterocycles. The van der Waals surface area contributed by atoms with E-state index in [1.165, 1.54) is 12.1 Å². The molecule has 1 N–H and O–H groups in total. The zero-order valence-electron chi connectivity index (χ0n) is 14.0. The van der Waals surface area contributed by atoms with Crippen molar-refractivity contribution in [2.75, 3.05) is 0 Å². The van der Waals surface area contributed by atoms with Crippen LogP contribution in [0.3, 0.4) is 0 Å². The van der Waals surface area contributed by atoms with E-state index in [0.29, 0.717) is 16.9 Å². The molecule has 0 aliphatic rings. The van der Waals surface area contributed by atoms with E-state index in [2.05, 4.69) is 0 Å². The van der Waals surface area contributed by atoms with Gasteiger partial charge in [0.2, 0.25) is 0 Å². The van der Waals surface area contributed by atoms with Crippen LogP contribution in [0, 0.1) is 6.92 Å². The summed E-state index contributed by atoms with van der Waals surface area (Å²) in [7, 11) is -3.83. The molecule has 0 unspecified atom stereocenters. The Morgan fingerprint density at radius 2 is 1.67 bits per heavy atom. The number of benzene rings is 2. The van der Waals surface area contributed by atoms with Crippen LogP contribution in [0.1, 0.15) is 30.5 Å². The number of hydrogen-bond donors (Lipinski definition) is 1. The van der Waals surface area contributed by atoms with Gasteiger partial charge in [-0.1, -0.05) is 23.8 Å². The first-order chi connectivity index (χ1) is 11.3. The van der Waals surface area contributed by atoms with Crippen LogP contribution in [0.25, 0.3) is 0 Å². The van der Waals surface area contributed by atoms with Crippen LogP contribution in [0.2, 0.25) is 0 Å². The van der Waals surface area contributed by atoms with Gasteiger partial charge in [0.15, 0.2) is 0 Å². The Bertz CT molecular complexity index is 780. The fourth-order valence-corrected chi connectivity index (χ4v) is 3.06. The predicted molar refractivity (Wildman–Crippen MR) is 91.3 cm³/mol. The van der Waals surface area contributed by atoms with E-state index in [1.807, 2.05) is 20.8 Å². The Balaban J connectivity index is 2.17. The fraction of sp³-hybridized carbons (Fsp3) is 0.333. The standard InChI is InChI=1S/C18H22O5S/c1-13(2)23-17-9-15(11-19)8-16(10-17)12-22-24(20,21)18-6-4-14(3)5-7-18/h4-10,13,19H,11-12H2,1-3H3. The number of ether oxygens (including phenoxy) is 1. The van der Waals surface area contributed by atoms with Crippen molar-refractivity contribution in [3.63, 3.8) is 0 Å². The van der Waals surface area contributed by atoms with Crippen molar-refractivity contribution in [3.8, 4) is 5.75 Å². The second kappa shape index (κ2) is 7.79. The summed E-state index contributed by atoms with van der Waals surface area (Å²) in [5.74, 6) is 0.572. The summed E-state index contributed by atoms with van der Waals surface area (Å²) in [5.41, 5.74) is 2.23. The molecule has 24 heavy (non-hydrogen) atoms. The van der Waals surface area contributed by atoms with Gasteiger partial charge in [-0.05, 0) is 56.2 Å². The minimum absolute atomic E-state index is 0.0241. The largest absolute Gasteiger partial charge is 0.491 e. The molecular weight excluding hydrogens is 328 g/mol. The van der Waals surface area contributed by atoms with E-state index >= 15 is 0 Å². The molecule has 0 bridgehead atoms. The Hall–Kier alpha value is -1.89. The first-order valence-corrected chi connectivity index (χ1v) is 9.07. The van der Waals surface area contributed by atoms with Crippen molar-refractivity contribution in [2.45, 2.75) is 45.0 Å². The molecule has 2 aromatic carbocycles. The molecule has 0 aliphatic carbocycles. The molecule has 2 aromatic rings. The molecule has 0 radical (unpaired) electrons. The molecule has 0 fully saturated rings. The van der Waals surface area contributed by atoms with Crippen molar-refractivity contribution >= 4 is 10.1 Å². The Kier molecular flexibility index (Phi) is 5.99. The van der Waals surface area contributed by atoms with Gasteiger partial charge in [0.05, 0.1) is 24.2 Å². The first kappa shape index (κ1) is 18.4. The minimum atomic E-state index is -3.83. The van der Waals surface area contributed by atoms with Crippen LogP contribution in [0.4, 0.5) is 0 Å².